The van der Waals surface area contributed by atoms with Crippen LogP contribution < -0.4 is 0 Å². The van der Waals surface area contributed by atoms with Crippen LogP contribution in [0.15, 0.2) is 0 Å². The molecule has 4 bridgehead atoms. The van der Waals surface area contributed by atoms with Crippen molar-refractivity contribution in [2.45, 2.75) is 44.9 Å². The highest BCUT2D eigenvalue weighted by molar-refractivity contribution is 5.07. The lowest BCUT2D eigenvalue weighted by Gasteiger charge is -2.63. The second-order valence-electron chi connectivity index (χ2n) is 7.34. The fourth-order valence-electron chi connectivity index (χ4n) is 5.97. The van der Waals surface area contributed by atoms with E-state index in [1.54, 1.807) is 32.1 Å². The Bertz CT molecular complexity index is 258. The van der Waals surface area contributed by atoms with E-state index in [9.17, 15) is 0 Å². The van der Waals surface area contributed by atoms with Gasteiger partial charge < -0.3 is 4.90 Å². The fourth-order valence-corrected chi connectivity index (χ4v) is 5.97. The summed E-state index contributed by atoms with van der Waals surface area (Å²) in [5, 5.41) is 0. The molecule has 16 heavy (non-hydrogen) atoms. The first kappa shape index (κ1) is 9.94. The van der Waals surface area contributed by atoms with E-state index in [2.05, 4.69) is 11.9 Å². The fraction of sp³-hybridized carbons (Fsp3) is 1.00. The molecule has 0 N–H and O–H groups in total. The Balaban J connectivity index is 1.64. The largest absolute Gasteiger partial charge is 0.306 e. The molecule has 1 saturated heterocycles. The first-order valence-corrected chi connectivity index (χ1v) is 7.45. The van der Waals surface area contributed by atoms with E-state index in [-0.39, 0.29) is 0 Å². The molecule has 0 aromatic carbocycles. The molecule has 1 heterocycles. The lowest BCUT2D eigenvalue weighted by molar-refractivity contribution is -0.133. The van der Waals surface area contributed by atoms with E-state index in [1.165, 1.54) is 25.9 Å². The van der Waals surface area contributed by atoms with Crippen molar-refractivity contribution in [3.63, 3.8) is 0 Å². The zero-order valence-electron chi connectivity index (χ0n) is 10.6. The molecular weight excluding hydrogens is 194 g/mol. The minimum atomic E-state index is 0.819. The van der Waals surface area contributed by atoms with Crippen molar-refractivity contribution in [2.24, 2.45) is 29.1 Å². The van der Waals surface area contributed by atoms with E-state index in [1.807, 2.05) is 0 Å². The quantitative estimate of drug-likeness (QED) is 0.605. The van der Waals surface area contributed by atoms with Crippen molar-refractivity contribution in [3.8, 4) is 0 Å². The first-order chi connectivity index (χ1) is 7.76. The van der Waals surface area contributed by atoms with Crippen LogP contribution in [0, 0.1) is 29.1 Å². The van der Waals surface area contributed by atoms with Gasteiger partial charge in [-0.25, -0.2) is 0 Å². The van der Waals surface area contributed by atoms with Crippen molar-refractivity contribution in [1.82, 2.24) is 4.90 Å². The third-order valence-corrected chi connectivity index (χ3v) is 6.68. The highest BCUT2D eigenvalue weighted by Crippen LogP contribution is 2.65. The van der Waals surface area contributed by atoms with Gasteiger partial charge in [0.2, 0.25) is 0 Å². The standard InChI is InChI=1S/C15H25N/c1-16-4-2-15(3-5-16)13-7-11-6-12(9-13)10-14(15)8-11/h11-14H,2-10H2,1H3. The molecule has 0 aromatic rings. The summed E-state index contributed by atoms with van der Waals surface area (Å²) in [6.45, 7) is 2.75. The van der Waals surface area contributed by atoms with Crippen LogP contribution in [0.25, 0.3) is 0 Å². The third-order valence-electron chi connectivity index (χ3n) is 6.68. The number of nitrogens with zero attached hydrogens (tertiary/aromatic N) is 1. The molecule has 1 aliphatic heterocycles. The van der Waals surface area contributed by atoms with Gasteiger partial charge in [-0.3, -0.25) is 0 Å². The maximum absolute atomic E-state index is 2.55. The minimum absolute atomic E-state index is 0.819. The summed E-state index contributed by atoms with van der Waals surface area (Å²) < 4.78 is 0. The SMILES string of the molecule is CN1CCC2(CC1)C1CC3CC(C1)CC2C3. The Morgan fingerprint density at radius 3 is 1.81 bits per heavy atom. The molecule has 4 saturated carbocycles. The Labute approximate surface area is 99.6 Å². The van der Waals surface area contributed by atoms with Crippen LogP contribution in [-0.4, -0.2) is 25.0 Å². The topological polar surface area (TPSA) is 3.24 Å². The third kappa shape index (κ3) is 1.21. The highest BCUT2D eigenvalue weighted by Gasteiger charge is 2.56. The van der Waals surface area contributed by atoms with Gasteiger partial charge in [0.1, 0.15) is 0 Å². The molecule has 0 atom stereocenters. The van der Waals surface area contributed by atoms with Gasteiger partial charge in [0.05, 0.1) is 0 Å². The van der Waals surface area contributed by atoms with Gasteiger partial charge in [-0.05, 0) is 94.2 Å². The molecule has 0 unspecified atom stereocenters. The molecule has 1 heteroatoms. The van der Waals surface area contributed by atoms with E-state index < -0.39 is 0 Å². The summed E-state index contributed by atoms with van der Waals surface area (Å²) in [6, 6.07) is 0. The van der Waals surface area contributed by atoms with Gasteiger partial charge in [0.25, 0.3) is 0 Å². The predicted octanol–water partition coefficient (Wildman–Crippen LogP) is 3.15. The first-order valence-electron chi connectivity index (χ1n) is 7.45. The van der Waals surface area contributed by atoms with Crippen LogP contribution >= 0.6 is 0 Å². The van der Waals surface area contributed by atoms with Gasteiger partial charge in [0.15, 0.2) is 0 Å². The minimum Gasteiger partial charge on any atom is -0.306 e. The Morgan fingerprint density at radius 1 is 0.812 bits per heavy atom. The maximum atomic E-state index is 2.55. The van der Waals surface area contributed by atoms with E-state index in [0.717, 1.165) is 29.1 Å². The molecule has 90 valence electrons. The number of piperidine rings is 1. The van der Waals surface area contributed by atoms with Crippen LogP contribution in [0.2, 0.25) is 0 Å². The van der Waals surface area contributed by atoms with Crippen molar-refractivity contribution in [3.05, 3.63) is 0 Å². The summed E-state index contributed by atoms with van der Waals surface area (Å²) in [5.74, 6) is 4.57. The van der Waals surface area contributed by atoms with Gasteiger partial charge in [-0.1, -0.05) is 0 Å². The number of likely N-dealkylation sites (tertiary alicyclic amines) is 1. The van der Waals surface area contributed by atoms with Crippen molar-refractivity contribution < 1.29 is 0 Å². The van der Waals surface area contributed by atoms with Crippen LogP contribution in [0.3, 0.4) is 0 Å². The van der Waals surface area contributed by atoms with Crippen LogP contribution in [-0.2, 0) is 0 Å². The second kappa shape index (κ2) is 3.25. The molecule has 0 amide bonds. The van der Waals surface area contributed by atoms with Gasteiger partial charge >= 0.3 is 0 Å². The summed E-state index contributed by atoms with van der Waals surface area (Å²) in [4.78, 5) is 2.55. The highest BCUT2D eigenvalue weighted by atomic mass is 15.1. The maximum Gasteiger partial charge on any atom is -0.00163 e. The molecule has 5 rings (SSSR count). The Kier molecular flexibility index (Phi) is 2.02. The lowest BCUT2D eigenvalue weighted by atomic mass is 9.43. The van der Waals surface area contributed by atoms with E-state index in [4.69, 9.17) is 0 Å². The molecule has 0 aromatic heterocycles. The average Bonchev–Trinajstić information content (AvgIpc) is 2.27. The van der Waals surface area contributed by atoms with Crippen molar-refractivity contribution in [1.29, 1.82) is 0 Å². The predicted molar refractivity (Wildman–Crippen MR) is 66.2 cm³/mol. The Morgan fingerprint density at radius 2 is 1.31 bits per heavy atom. The molecule has 0 radical (unpaired) electrons. The number of rotatable bonds is 0. The van der Waals surface area contributed by atoms with Gasteiger partial charge in [-0.2, -0.15) is 0 Å². The molecular formula is C15H25N. The summed E-state index contributed by atoms with van der Waals surface area (Å²) in [6.07, 6.45) is 11.1. The van der Waals surface area contributed by atoms with Gasteiger partial charge in [0, 0.05) is 0 Å². The van der Waals surface area contributed by atoms with Crippen LogP contribution in [0.4, 0.5) is 0 Å². The molecule has 1 spiro atoms. The van der Waals surface area contributed by atoms with E-state index >= 15 is 0 Å². The smallest absolute Gasteiger partial charge is 0.00163 e. The second-order valence-corrected chi connectivity index (χ2v) is 7.34. The monoisotopic (exact) mass is 219 g/mol. The number of hydrogen-bond acceptors (Lipinski definition) is 1. The van der Waals surface area contributed by atoms with Crippen LogP contribution in [0.5, 0.6) is 0 Å². The Hall–Kier alpha value is -0.0400. The lowest BCUT2D eigenvalue weighted by Crippen LogP contribution is -2.56. The average molecular weight is 219 g/mol. The number of hydrogen-bond donors (Lipinski definition) is 0. The zero-order valence-corrected chi connectivity index (χ0v) is 10.6. The van der Waals surface area contributed by atoms with Crippen LogP contribution in [0.1, 0.15) is 44.9 Å². The molecule has 5 aliphatic rings. The zero-order chi connectivity index (χ0) is 10.8. The molecule has 1 nitrogen and oxygen atoms in total. The molecule has 4 aliphatic carbocycles. The van der Waals surface area contributed by atoms with Gasteiger partial charge in [-0.15, -0.1) is 0 Å². The van der Waals surface area contributed by atoms with Crippen molar-refractivity contribution >= 4 is 0 Å². The normalized spacial score (nSPS) is 50.1. The summed E-state index contributed by atoms with van der Waals surface area (Å²) in [7, 11) is 2.31. The summed E-state index contributed by atoms with van der Waals surface area (Å²) in [5.41, 5.74) is 0.819. The van der Waals surface area contributed by atoms with Crippen molar-refractivity contribution in [2.75, 3.05) is 20.1 Å². The molecule has 5 fully saturated rings. The van der Waals surface area contributed by atoms with E-state index in [0.29, 0.717) is 0 Å². The summed E-state index contributed by atoms with van der Waals surface area (Å²) >= 11 is 0.